The molecule has 0 unspecified atom stereocenters. The molecule has 5 nitrogen and oxygen atoms in total. The molecular formula is C9H12Cl2N4O. The molecule has 16 heavy (non-hydrogen) atoms. The number of carbonyl (C=O) groups is 1. The van der Waals surface area contributed by atoms with Crippen molar-refractivity contribution in [1.29, 1.82) is 0 Å². The molecule has 0 aliphatic heterocycles. The third-order valence-electron chi connectivity index (χ3n) is 1.98. The van der Waals surface area contributed by atoms with Gasteiger partial charge >= 0.3 is 0 Å². The molecule has 1 aromatic rings. The number of nitrogens with two attached hydrogens (primary N) is 1. The molecule has 0 bridgehead atoms. The topological polar surface area (TPSA) is 80.9 Å². The lowest BCUT2D eigenvalue weighted by molar-refractivity contribution is -0.119. The van der Waals surface area contributed by atoms with E-state index in [2.05, 4.69) is 15.3 Å². The molecule has 7 heteroatoms. The molecule has 0 aliphatic carbocycles. The van der Waals surface area contributed by atoms with Crippen LogP contribution in [0.25, 0.3) is 0 Å². The van der Waals surface area contributed by atoms with E-state index < -0.39 is 11.9 Å². The zero-order valence-corrected chi connectivity index (χ0v) is 10.4. The highest BCUT2D eigenvalue weighted by atomic mass is 35.5. The summed E-state index contributed by atoms with van der Waals surface area (Å²) in [5.74, 6) is -0.151. The van der Waals surface area contributed by atoms with E-state index in [1.807, 2.05) is 13.8 Å². The van der Waals surface area contributed by atoms with Crippen molar-refractivity contribution >= 4 is 34.9 Å². The van der Waals surface area contributed by atoms with Crippen molar-refractivity contribution < 1.29 is 4.79 Å². The average molecular weight is 263 g/mol. The van der Waals surface area contributed by atoms with Gasteiger partial charge in [0.1, 0.15) is 11.1 Å². The van der Waals surface area contributed by atoms with E-state index in [4.69, 9.17) is 28.9 Å². The van der Waals surface area contributed by atoms with Gasteiger partial charge in [-0.15, -0.1) is 0 Å². The Kier molecular flexibility index (Phi) is 4.32. The number of amides is 1. The van der Waals surface area contributed by atoms with Crippen LogP contribution in [0, 0.1) is 5.92 Å². The summed E-state index contributed by atoms with van der Waals surface area (Å²) in [6, 6.07) is -0.552. The number of nitrogens with one attached hydrogen (secondary N) is 1. The summed E-state index contributed by atoms with van der Waals surface area (Å²) < 4.78 is 0. The highest BCUT2D eigenvalue weighted by molar-refractivity contribution is 6.33. The molecule has 0 fully saturated rings. The highest BCUT2D eigenvalue weighted by Gasteiger charge is 2.20. The van der Waals surface area contributed by atoms with Gasteiger partial charge in [0.05, 0.1) is 6.20 Å². The summed E-state index contributed by atoms with van der Waals surface area (Å²) in [4.78, 5) is 18.8. The quantitative estimate of drug-likeness (QED) is 0.810. The number of aromatic nitrogens is 2. The number of halogens is 2. The maximum Gasteiger partial charge on any atom is 0.240 e. The fraction of sp³-hybridized carbons (Fsp3) is 0.444. The number of anilines is 1. The first kappa shape index (κ1) is 13.0. The van der Waals surface area contributed by atoms with E-state index in [9.17, 15) is 4.79 Å². The Morgan fingerprint density at radius 2 is 2.12 bits per heavy atom. The van der Waals surface area contributed by atoms with Crippen LogP contribution in [0.2, 0.25) is 10.3 Å². The average Bonchev–Trinajstić information content (AvgIpc) is 2.18. The Bertz CT molecular complexity index is 397. The Balaban J connectivity index is 2.93. The normalized spacial score (nSPS) is 12.6. The van der Waals surface area contributed by atoms with Crippen molar-refractivity contribution in [1.82, 2.24) is 9.97 Å². The van der Waals surface area contributed by atoms with Gasteiger partial charge in [-0.2, -0.15) is 4.98 Å². The summed E-state index contributed by atoms with van der Waals surface area (Å²) in [5, 5.41) is 3.19. The predicted octanol–water partition coefficient (Wildman–Crippen LogP) is 1.71. The number of rotatable bonds is 4. The lowest BCUT2D eigenvalue weighted by Crippen LogP contribution is -2.39. The van der Waals surface area contributed by atoms with Gasteiger partial charge in [0.2, 0.25) is 11.2 Å². The van der Waals surface area contributed by atoms with Crippen molar-refractivity contribution in [3.05, 3.63) is 16.5 Å². The van der Waals surface area contributed by atoms with Gasteiger partial charge in [0, 0.05) is 0 Å². The zero-order valence-electron chi connectivity index (χ0n) is 8.87. The van der Waals surface area contributed by atoms with E-state index in [0.717, 1.165) is 0 Å². The molecule has 1 amide bonds. The Hall–Kier alpha value is -1.07. The largest absolute Gasteiger partial charge is 0.368 e. The lowest BCUT2D eigenvalue weighted by atomic mass is 10.0. The second-order valence-corrected chi connectivity index (χ2v) is 4.35. The summed E-state index contributed by atoms with van der Waals surface area (Å²) in [6.07, 6.45) is 1.36. The molecule has 1 rings (SSSR count). The van der Waals surface area contributed by atoms with Crippen LogP contribution in [-0.2, 0) is 4.79 Å². The molecule has 3 N–H and O–H groups in total. The molecular weight excluding hydrogens is 251 g/mol. The van der Waals surface area contributed by atoms with E-state index in [-0.39, 0.29) is 16.2 Å². The van der Waals surface area contributed by atoms with Gasteiger partial charge < -0.3 is 11.1 Å². The van der Waals surface area contributed by atoms with Gasteiger partial charge in [0.15, 0.2) is 5.82 Å². The minimum atomic E-state index is -0.552. The SMILES string of the molecule is CC(C)[C@@H](Nc1nc(Cl)ncc1Cl)C(N)=O. The second kappa shape index (κ2) is 5.32. The van der Waals surface area contributed by atoms with Crippen molar-refractivity contribution in [3.63, 3.8) is 0 Å². The maximum atomic E-state index is 11.2. The van der Waals surface area contributed by atoms with Crippen LogP contribution >= 0.6 is 23.2 Å². The molecule has 1 heterocycles. The van der Waals surface area contributed by atoms with Gasteiger partial charge in [-0.3, -0.25) is 4.79 Å². The zero-order chi connectivity index (χ0) is 12.3. The van der Waals surface area contributed by atoms with Crippen LogP contribution in [0.4, 0.5) is 5.82 Å². The maximum absolute atomic E-state index is 11.2. The first-order valence-electron chi connectivity index (χ1n) is 4.65. The molecule has 88 valence electrons. The number of carbonyl (C=O) groups excluding carboxylic acids is 1. The predicted molar refractivity (Wildman–Crippen MR) is 63.5 cm³/mol. The van der Waals surface area contributed by atoms with Crippen LogP contribution in [0.1, 0.15) is 13.8 Å². The number of primary amides is 1. The van der Waals surface area contributed by atoms with Crippen LogP contribution in [0.5, 0.6) is 0 Å². The standard InChI is InChI=1S/C9H12Cl2N4O/c1-4(2)6(7(12)16)14-8-5(10)3-13-9(11)15-8/h3-4,6H,1-2H3,(H2,12,16)(H,13,14,15)/t6-/m1/s1. The Labute approximate surface area is 103 Å². The van der Waals surface area contributed by atoms with Gasteiger partial charge in [0.25, 0.3) is 0 Å². The van der Waals surface area contributed by atoms with Gasteiger partial charge in [-0.25, -0.2) is 4.98 Å². The molecule has 0 saturated heterocycles. The lowest BCUT2D eigenvalue weighted by Gasteiger charge is -2.19. The van der Waals surface area contributed by atoms with E-state index in [1.54, 1.807) is 0 Å². The van der Waals surface area contributed by atoms with Crippen LogP contribution < -0.4 is 11.1 Å². The molecule has 0 spiro atoms. The van der Waals surface area contributed by atoms with Crippen molar-refractivity contribution in [2.45, 2.75) is 19.9 Å². The fourth-order valence-electron chi connectivity index (χ4n) is 1.16. The van der Waals surface area contributed by atoms with Crippen molar-refractivity contribution in [3.8, 4) is 0 Å². The number of hydrogen-bond donors (Lipinski definition) is 2. The van der Waals surface area contributed by atoms with E-state index in [0.29, 0.717) is 5.82 Å². The Morgan fingerprint density at radius 1 is 1.50 bits per heavy atom. The fourth-order valence-corrected chi connectivity index (χ4v) is 1.44. The Morgan fingerprint density at radius 3 is 2.62 bits per heavy atom. The van der Waals surface area contributed by atoms with Crippen LogP contribution in [-0.4, -0.2) is 21.9 Å². The number of nitrogens with zero attached hydrogens (tertiary/aromatic N) is 2. The summed E-state index contributed by atoms with van der Waals surface area (Å²) in [7, 11) is 0. The van der Waals surface area contributed by atoms with Gasteiger partial charge in [-0.05, 0) is 17.5 Å². The minimum absolute atomic E-state index is 0.0160. The van der Waals surface area contributed by atoms with Crippen molar-refractivity contribution in [2.75, 3.05) is 5.32 Å². The summed E-state index contributed by atoms with van der Waals surface area (Å²) >= 11 is 11.5. The molecule has 0 radical (unpaired) electrons. The molecule has 0 aliphatic rings. The second-order valence-electron chi connectivity index (χ2n) is 3.60. The van der Waals surface area contributed by atoms with E-state index in [1.165, 1.54) is 6.20 Å². The molecule has 0 aromatic carbocycles. The third kappa shape index (κ3) is 3.21. The minimum Gasteiger partial charge on any atom is -0.368 e. The molecule has 1 atom stereocenters. The van der Waals surface area contributed by atoms with Crippen molar-refractivity contribution in [2.24, 2.45) is 11.7 Å². The summed E-state index contributed by atoms with van der Waals surface area (Å²) in [5.41, 5.74) is 5.25. The molecule has 1 aromatic heterocycles. The smallest absolute Gasteiger partial charge is 0.240 e. The first-order valence-corrected chi connectivity index (χ1v) is 5.41. The summed E-state index contributed by atoms with van der Waals surface area (Å²) in [6.45, 7) is 3.72. The van der Waals surface area contributed by atoms with E-state index >= 15 is 0 Å². The van der Waals surface area contributed by atoms with Crippen LogP contribution in [0.15, 0.2) is 6.20 Å². The third-order valence-corrected chi connectivity index (χ3v) is 2.44. The number of hydrogen-bond acceptors (Lipinski definition) is 4. The highest BCUT2D eigenvalue weighted by Crippen LogP contribution is 2.21. The monoisotopic (exact) mass is 262 g/mol. The molecule has 0 saturated carbocycles. The van der Waals surface area contributed by atoms with Crippen LogP contribution in [0.3, 0.4) is 0 Å². The first-order chi connectivity index (χ1) is 7.41. The van der Waals surface area contributed by atoms with Gasteiger partial charge in [-0.1, -0.05) is 25.4 Å².